The van der Waals surface area contributed by atoms with Crippen molar-refractivity contribution in [2.45, 2.75) is 53.1 Å². The Balaban J connectivity index is 0.000000399. The third-order valence-corrected chi connectivity index (χ3v) is 4.45. The van der Waals surface area contributed by atoms with Crippen LogP contribution in [0.1, 0.15) is 58.9 Å². The van der Waals surface area contributed by atoms with Gasteiger partial charge in [0.15, 0.2) is 5.82 Å². The van der Waals surface area contributed by atoms with Crippen molar-refractivity contribution in [1.29, 1.82) is 0 Å². The first-order valence-electron chi connectivity index (χ1n) is 8.83. The molecule has 3 rings (SSSR count). The molecule has 1 atom stereocenters. The Morgan fingerprint density at radius 3 is 2.44 bits per heavy atom. The minimum Gasteiger partial charge on any atom is -0.447 e. The number of halogens is 1. The summed E-state index contributed by atoms with van der Waals surface area (Å²) >= 11 is 0. The number of para-hydroxylation sites is 1. The molecule has 2 aromatic rings. The number of rotatable bonds is 3. The fourth-order valence-corrected chi connectivity index (χ4v) is 2.62. The zero-order valence-corrected chi connectivity index (χ0v) is 15.9. The molecule has 1 aromatic carbocycles. The highest BCUT2D eigenvalue weighted by molar-refractivity contribution is 5.77. The molecule has 2 heterocycles. The molecule has 1 saturated heterocycles. The van der Waals surface area contributed by atoms with Gasteiger partial charge < -0.3 is 9.30 Å². The van der Waals surface area contributed by atoms with Gasteiger partial charge in [-0.05, 0) is 31.9 Å². The summed E-state index contributed by atoms with van der Waals surface area (Å²) in [7, 11) is 1.67. The largest absolute Gasteiger partial charge is 0.447 e. The minimum absolute atomic E-state index is 0.112. The summed E-state index contributed by atoms with van der Waals surface area (Å²) in [5.74, 6) is 1.19. The lowest BCUT2D eigenvalue weighted by Crippen LogP contribution is -2.25. The van der Waals surface area contributed by atoms with Gasteiger partial charge in [-0.1, -0.05) is 33.3 Å². The van der Waals surface area contributed by atoms with Crippen LogP contribution < -0.4 is 0 Å². The van der Waals surface area contributed by atoms with Crippen LogP contribution in [0.25, 0.3) is 11.0 Å². The van der Waals surface area contributed by atoms with E-state index in [4.69, 9.17) is 4.74 Å². The monoisotopic (exact) mass is 349 g/mol. The van der Waals surface area contributed by atoms with Crippen LogP contribution in [0.5, 0.6) is 0 Å². The van der Waals surface area contributed by atoms with Crippen molar-refractivity contribution in [3.8, 4) is 0 Å². The number of aromatic nitrogens is 2. The lowest BCUT2D eigenvalue weighted by molar-refractivity contribution is 0.163. The van der Waals surface area contributed by atoms with E-state index in [0.717, 1.165) is 11.4 Å². The van der Waals surface area contributed by atoms with E-state index >= 15 is 0 Å². The number of carbonyl (C=O) groups excluding carboxylic acids is 1. The maximum atomic E-state index is 13.9. The number of imidazole rings is 1. The first-order chi connectivity index (χ1) is 11.8. The maximum absolute atomic E-state index is 13.9. The minimum atomic E-state index is -0.377. The molecule has 1 aromatic heterocycles. The van der Waals surface area contributed by atoms with Crippen LogP contribution in [0, 0.1) is 11.7 Å². The summed E-state index contributed by atoms with van der Waals surface area (Å²) < 4.78 is 20.9. The molecular formula is C19H28FN3O2. The zero-order valence-electron chi connectivity index (χ0n) is 15.9. The van der Waals surface area contributed by atoms with E-state index in [-0.39, 0.29) is 30.6 Å². The molecule has 6 heteroatoms. The number of cyclic esters (lactones) is 1. The number of benzene rings is 1. The Morgan fingerprint density at radius 2 is 1.96 bits per heavy atom. The van der Waals surface area contributed by atoms with E-state index in [9.17, 15) is 9.18 Å². The number of likely N-dealkylation sites (N-methyl/N-ethyl adjacent to an activating group) is 1. The molecule has 1 aliphatic heterocycles. The second-order valence-electron chi connectivity index (χ2n) is 7.05. The van der Waals surface area contributed by atoms with Crippen molar-refractivity contribution in [3.05, 3.63) is 29.8 Å². The van der Waals surface area contributed by atoms with Crippen LogP contribution in [0.4, 0.5) is 9.18 Å². The zero-order chi connectivity index (χ0) is 18.7. The van der Waals surface area contributed by atoms with Crippen LogP contribution in [-0.4, -0.2) is 34.2 Å². The second-order valence-corrected chi connectivity index (χ2v) is 7.05. The molecule has 0 N–H and O–H groups in total. The Morgan fingerprint density at radius 1 is 1.32 bits per heavy atom. The van der Waals surface area contributed by atoms with Gasteiger partial charge in [0, 0.05) is 13.1 Å². The Kier molecular flexibility index (Phi) is 6.03. The molecule has 0 radical (unpaired) electrons. The molecule has 0 aliphatic carbocycles. The maximum Gasteiger partial charge on any atom is 0.410 e. The molecule has 0 unspecified atom stereocenters. The predicted molar refractivity (Wildman–Crippen MR) is 97.1 cm³/mol. The first-order valence-corrected chi connectivity index (χ1v) is 8.83. The van der Waals surface area contributed by atoms with Crippen molar-refractivity contribution < 1.29 is 13.9 Å². The van der Waals surface area contributed by atoms with E-state index in [2.05, 4.69) is 25.8 Å². The molecule has 0 saturated carbocycles. The van der Waals surface area contributed by atoms with E-state index in [1.54, 1.807) is 13.1 Å². The molecule has 1 amide bonds. The number of ether oxygens (including phenoxy) is 1. The first kappa shape index (κ1) is 19.2. The summed E-state index contributed by atoms with van der Waals surface area (Å²) in [4.78, 5) is 17.4. The van der Waals surface area contributed by atoms with E-state index in [1.807, 2.05) is 24.5 Å². The number of hydrogen-bond donors (Lipinski definition) is 0. The van der Waals surface area contributed by atoms with Gasteiger partial charge in [-0.2, -0.15) is 0 Å². The van der Waals surface area contributed by atoms with Crippen molar-refractivity contribution in [1.82, 2.24) is 14.5 Å². The molecule has 1 aliphatic rings. The van der Waals surface area contributed by atoms with Crippen molar-refractivity contribution in [2.75, 3.05) is 13.7 Å². The number of carbonyl (C=O) groups is 1. The third-order valence-electron chi connectivity index (χ3n) is 4.45. The predicted octanol–water partition coefficient (Wildman–Crippen LogP) is 4.93. The van der Waals surface area contributed by atoms with E-state index in [0.29, 0.717) is 11.3 Å². The fourth-order valence-electron chi connectivity index (χ4n) is 2.62. The molecule has 5 nitrogen and oxygen atoms in total. The fraction of sp³-hybridized carbons (Fsp3) is 0.579. The summed E-state index contributed by atoms with van der Waals surface area (Å²) in [5, 5.41) is 0. The summed E-state index contributed by atoms with van der Waals surface area (Å²) in [6.45, 7) is 10.9. The molecule has 25 heavy (non-hydrogen) atoms. The summed E-state index contributed by atoms with van der Waals surface area (Å²) in [5.41, 5.74) is 1.08. The van der Waals surface area contributed by atoms with Crippen LogP contribution in [0.15, 0.2) is 18.2 Å². The van der Waals surface area contributed by atoms with Crippen LogP contribution in [0.3, 0.4) is 0 Å². The standard InChI is InChI=1S/C14H16FN3O2.C5H12/c1-8(2)18-10-6-4-5-9(15)12(10)16-13(18)11-7-20-14(19)17(11)3;1-4-5(2)3/h4-6,8,11H,7H2,1-3H3;5H,4H2,1-3H3/t11-;/m0./s1. The van der Waals surface area contributed by atoms with Crippen molar-refractivity contribution in [3.63, 3.8) is 0 Å². The number of nitrogens with zero attached hydrogens (tertiary/aromatic N) is 3. The molecular weight excluding hydrogens is 321 g/mol. The highest BCUT2D eigenvalue weighted by Crippen LogP contribution is 2.31. The third kappa shape index (κ3) is 3.94. The Labute approximate surface area is 148 Å². The van der Waals surface area contributed by atoms with Gasteiger partial charge in [-0.15, -0.1) is 0 Å². The van der Waals surface area contributed by atoms with Gasteiger partial charge in [-0.3, -0.25) is 4.90 Å². The molecule has 1 fully saturated rings. The van der Waals surface area contributed by atoms with Gasteiger partial charge in [0.05, 0.1) is 5.52 Å². The average molecular weight is 349 g/mol. The SMILES string of the molecule is CC(C)n1c([C@@H]2COC(=O)N2C)nc2c(F)cccc21.CCC(C)C. The normalized spacial score (nSPS) is 17.2. The average Bonchev–Trinajstić information content (AvgIpc) is 3.10. The molecule has 0 spiro atoms. The van der Waals surface area contributed by atoms with E-state index < -0.39 is 0 Å². The van der Waals surface area contributed by atoms with Crippen molar-refractivity contribution >= 4 is 17.1 Å². The van der Waals surface area contributed by atoms with Gasteiger partial charge in [0.2, 0.25) is 0 Å². The van der Waals surface area contributed by atoms with Gasteiger partial charge in [0.25, 0.3) is 0 Å². The number of fused-ring (bicyclic) bond motifs is 1. The highest BCUT2D eigenvalue weighted by atomic mass is 19.1. The summed E-state index contributed by atoms with van der Waals surface area (Å²) in [6, 6.07) is 4.73. The summed E-state index contributed by atoms with van der Waals surface area (Å²) in [6.07, 6.45) is 0.929. The molecule has 0 bridgehead atoms. The van der Waals surface area contributed by atoms with Gasteiger partial charge in [-0.25, -0.2) is 14.2 Å². The van der Waals surface area contributed by atoms with Crippen LogP contribution in [0.2, 0.25) is 0 Å². The second kappa shape index (κ2) is 7.85. The van der Waals surface area contributed by atoms with Crippen molar-refractivity contribution in [2.24, 2.45) is 5.92 Å². The molecule has 138 valence electrons. The van der Waals surface area contributed by atoms with Crippen LogP contribution >= 0.6 is 0 Å². The Hall–Kier alpha value is -2.11. The quantitative estimate of drug-likeness (QED) is 0.789. The van der Waals surface area contributed by atoms with Crippen LogP contribution in [-0.2, 0) is 4.74 Å². The topological polar surface area (TPSA) is 47.4 Å². The van der Waals surface area contributed by atoms with Gasteiger partial charge >= 0.3 is 6.09 Å². The highest BCUT2D eigenvalue weighted by Gasteiger charge is 2.35. The lowest BCUT2D eigenvalue weighted by Gasteiger charge is -2.19. The van der Waals surface area contributed by atoms with E-state index in [1.165, 1.54) is 17.4 Å². The number of amides is 1. The Bertz CT molecular complexity index is 740. The number of hydrogen-bond acceptors (Lipinski definition) is 3. The lowest BCUT2D eigenvalue weighted by atomic mass is 10.2. The van der Waals surface area contributed by atoms with Gasteiger partial charge in [0.1, 0.15) is 24.0 Å². The smallest absolute Gasteiger partial charge is 0.410 e.